The lowest BCUT2D eigenvalue weighted by Crippen LogP contribution is -2.35. The van der Waals surface area contributed by atoms with Gasteiger partial charge in [0.15, 0.2) is 0 Å². The normalized spacial score (nSPS) is 27.5. The zero-order chi connectivity index (χ0) is 14.3. The minimum absolute atomic E-state index is 0.115. The molecule has 3 atom stereocenters. The summed E-state index contributed by atoms with van der Waals surface area (Å²) >= 11 is 0. The van der Waals surface area contributed by atoms with E-state index in [0.29, 0.717) is 24.4 Å². The lowest BCUT2D eigenvalue weighted by atomic mass is 9.75. The van der Waals surface area contributed by atoms with E-state index in [9.17, 15) is 4.79 Å². The van der Waals surface area contributed by atoms with Crippen LogP contribution in [0.15, 0.2) is 0 Å². The number of hydrogen-bond acceptors (Lipinski definition) is 3. The molecule has 1 aliphatic rings. The molecule has 1 saturated carbocycles. The Morgan fingerprint density at radius 2 is 2.05 bits per heavy atom. The number of rotatable bonds is 7. The predicted molar refractivity (Wildman–Crippen MR) is 77.0 cm³/mol. The summed E-state index contributed by atoms with van der Waals surface area (Å²) < 4.78 is 11.0. The van der Waals surface area contributed by atoms with Gasteiger partial charge < -0.3 is 9.47 Å². The first-order chi connectivity index (χ1) is 9.04. The quantitative estimate of drug-likeness (QED) is 0.521. The fourth-order valence-corrected chi connectivity index (χ4v) is 2.85. The van der Waals surface area contributed by atoms with E-state index in [1.165, 1.54) is 12.8 Å². The zero-order valence-electron chi connectivity index (χ0n) is 13.0. The summed E-state index contributed by atoms with van der Waals surface area (Å²) in [5.41, 5.74) is 0. The number of esters is 1. The molecular formula is C16H30O3. The van der Waals surface area contributed by atoms with Crippen molar-refractivity contribution in [1.82, 2.24) is 0 Å². The van der Waals surface area contributed by atoms with Gasteiger partial charge in [0, 0.05) is 0 Å². The van der Waals surface area contributed by atoms with Crippen LogP contribution in [0, 0.1) is 17.8 Å². The Labute approximate surface area is 118 Å². The van der Waals surface area contributed by atoms with E-state index in [0.717, 1.165) is 19.3 Å². The van der Waals surface area contributed by atoms with Gasteiger partial charge in [-0.2, -0.15) is 0 Å². The van der Waals surface area contributed by atoms with Gasteiger partial charge in [-0.05, 0) is 37.0 Å². The molecule has 3 unspecified atom stereocenters. The Kier molecular flexibility index (Phi) is 7.44. The van der Waals surface area contributed by atoms with Crippen molar-refractivity contribution >= 4 is 5.97 Å². The molecule has 1 rings (SSSR count). The van der Waals surface area contributed by atoms with Crippen LogP contribution in [0.3, 0.4) is 0 Å². The lowest BCUT2D eigenvalue weighted by molar-refractivity contribution is -0.154. The van der Waals surface area contributed by atoms with Gasteiger partial charge in [0.05, 0.1) is 12.7 Å². The Morgan fingerprint density at radius 3 is 2.68 bits per heavy atom. The summed E-state index contributed by atoms with van der Waals surface area (Å²) in [6.07, 6.45) is 5.77. The highest BCUT2D eigenvalue weighted by Crippen LogP contribution is 2.35. The minimum Gasteiger partial charge on any atom is -0.464 e. The molecule has 3 heteroatoms. The molecule has 0 aliphatic heterocycles. The molecule has 0 aromatic carbocycles. The average molecular weight is 270 g/mol. The molecule has 19 heavy (non-hydrogen) atoms. The summed E-state index contributed by atoms with van der Waals surface area (Å²) in [5.74, 6) is 1.69. The van der Waals surface area contributed by atoms with Gasteiger partial charge in [0.25, 0.3) is 0 Å². The first kappa shape index (κ1) is 16.5. The topological polar surface area (TPSA) is 35.5 Å². The predicted octanol–water partition coefficient (Wildman–Crippen LogP) is 3.81. The summed E-state index contributed by atoms with van der Waals surface area (Å²) in [6.45, 7) is 9.48. The summed E-state index contributed by atoms with van der Waals surface area (Å²) in [5, 5.41) is 0. The Bertz CT molecular complexity index is 263. The zero-order valence-corrected chi connectivity index (χ0v) is 13.0. The third kappa shape index (κ3) is 5.94. The van der Waals surface area contributed by atoms with E-state index >= 15 is 0 Å². The third-order valence-corrected chi connectivity index (χ3v) is 4.14. The molecule has 0 radical (unpaired) electrons. The van der Waals surface area contributed by atoms with Crippen molar-refractivity contribution in [2.45, 2.75) is 65.9 Å². The van der Waals surface area contributed by atoms with Crippen molar-refractivity contribution in [3.63, 3.8) is 0 Å². The summed E-state index contributed by atoms with van der Waals surface area (Å²) in [6, 6.07) is 0. The van der Waals surface area contributed by atoms with E-state index in [-0.39, 0.29) is 18.7 Å². The van der Waals surface area contributed by atoms with Gasteiger partial charge in [-0.15, -0.1) is 0 Å². The maximum absolute atomic E-state index is 11.6. The highest BCUT2D eigenvalue weighted by molar-refractivity contribution is 5.70. The molecule has 0 bridgehead atoms. The molecule has 0 aromatic heterocycles. The Hall–Kier alpha value is -0.570. The van der Waals surface area contributed by atoms with E-state index in [1.54, 1.807) is 0 Å². The first-order valence-electron chi connectivity index (χ1n) is 7.81. The molecule has 0 amide bonds. The molecule has 3 nitrogen and oxygen atoms in total. The molecule has 0 heterocycles. The standard InChI is InChI=1S/C16H30O3/c1-5-6-9-18-16(17)11-19-15-10-13(4)7-8-14(15)12(2)3/h12-15H,5-11H2,1-4H3. The maximum atomic E-state index is 11.6. The van der Waals surface area contributed by atoms with E-state index in [2.05, 4.69) is 27.7 Å². The first-order valence-corrected chi connectivity index (χ1v) is 7.81. The Morgan fingerprint density at radius 1 is 1.32 bits per heavy atom. The Balaban J connectivity index is 2.33. The molecule has 1 aliphatic carbocycles. The fourth-order valence-electron chi connectivity index (χ4n) is 2.85. The second-order valence-electron chi connectivity index (χ2n) is 6.25. The SMILES string of the molecule is CCCCOC(=O)COC1CC(C)CCC1C(C)C. The van der Waals surface area contributed by atoms with Gasteiger partial charge in [0.2, 0.25) is 0 Å². The number of hydrogen-bond donors (Lipinski definition) is 0. The van der Waals surface area contributed by atoms with Gasteiger partial charge in [-0.1, -0.05) is 40.5 Å². The second kappa shape index (κ2) is 8.57. The van der Waals surface area contributed by atoms with Gasteiger partial charge in [-0.3, -0.25) is 0 Å². The number of carbonyl (C=O) groups excluding carboxylic acids is 1. The maximum Gasteiger partial charge on any atom is 0.332 e. The second-order valence-corrected chi connectivity index (χ2v) is 6.25. The highest BCUT2D eigenvalue weighted by Gasteiger charge is 2.31. The van der Waals surface area contributed by atoms with Crippen molar-refractivity contribution in [2.24, 2.45) is 17.8 Å². The largest absolute Gasteiger partial charge is 0.464 e. The van der Waals surface area contributed by atoms with Crippen molar-refractivity contribution < 1.29 is 14.3 Å². The van der Waals surface area contributed by atoms with Crippen LogP contribution < -0.4 is 0 Å². The third-order valence-electron chi connectivity index (χ3n) is 4.14. The molecule has 1 fully saturated rings. The monoisotopic (exact) mass is 270 g/mol. The van der Waals surface area contributed by atoms with E-state index in [4.69, 9.17) is 9.47 Å². The smallest absolute Gasteiger partial charge is 0.332 e. The van der Waals surface area contributed by atoms with Gasteiger partial charge in [-0.25, -0.2) is 4.79 Å². The molecule has 0 N–H and O–H groups in total. The molecular weight excluding hydrogens is 240 g/mol. The number of carbonyl (C=O) groups is 1. The van der Waals surface area contributed by atoms with Crippen LogP contribution in [0.4, 0.5) is 0 Å². The minimum atomic E-state index is -0.214. The summed E-state index contributed by atoms with van der Waals surface area (Å²) in [4.78, 5) is 11.6. The number of ether oxygens (including phenoxy) is 2. The van der Waals surface area contributed by atoms with Crippen LogP contribution in [0.2, 0.25) is 0 Å². The molecule has 112 valence electrons. The van der Waals surface area contributed by atoms with Gasteiger partial charge in [0.1, 0.15) is 6.61 Å². The van der Waals surface area contributed by atoms with Crippen LogP contribution in [0.25, 0.3) is 0 Å². The average Bonchev–Trinajstić information content (AvgIpc) is 2.36. The molecule has 0 aromatic rings. The van der Waals surface area contributed by atoms with Crippen LogP contribution in [0.5, 0.6) is 0 Å². The number of unbranched alkanes of at least 4 members (excludes halogenated alkanes) is 1. The van der Waals surface area contributed by atoms with Crippen molar-refractivity contribution in [3.8, 4) is 0 Å². The van der Waals surface area contributed by atoms with Crippen LogP contribution in [-0.2, 0) is 14.3 Å². The summed E-state index contributed by atoms with van der Waals surface area (Å²) in [7, 11) is 0. The van der Waals surface area contributed by atoms with Crippen molar-refractivity contribution in [2.75, 3.05) is 13.2 Å². The fraction of sp³-hybridized carbons (Fsp3) is 0.938. The van der Waals surface area contributed by atoms with E-state index in [1.807, 2.05) is 0 Å². The van der Waals surface area contributed by atoms with Crippen molar-refractivity contribution in [1.29, 1.82) is 0 Å². The van der Waals surface area contributed by atoms with Gasteiger partial charge >= 0.3 is 5.97 Å². The molecule has 0 spiro atoms. The lowest BCUT2D eigenvalue weighted by Gasteiger charge is -2.36. The highest BCUT2D eigenvalue weighted by atomic mass is 16.6. The van der Waals surface area contributed by atoms with Crippen LogP contribution in [-0.4, -0.2) is 25.3 Å². The van der Waals surface area contributed by atoms with Crippen molar-refractivity contribution in [3.05, 3.63) is 0 Å². The van der Waals surface area contributed by atoms with E-state index < -0.39 is 0 Å². The molecule has 0 saturated heterocycles. The van der Waals surface area contributed by atoms with Crippen LogP contribution >= 0.6 is 0 Å². The van der Waals surface area contributed by atoms with Crippen LogP contribution in [0.1, 0.15) is 59.8 Å².